The van der Waals surface area contributed by atoms with Crippen molar-refractivity contribution in [2.75, 3.05) is 12.3 Å². The van der Waals surface area contributed by atoms with Crippen LogP contribution in [0.25, 0.3) is 0 Å². The highest BCUT2D eigenvalue weighted by molar-refractivity contribution is 7.99. The number of carbonyl (C=O) groups is 2. The molecule has 0 saturated carbocycles. The van der Waals surface area contributed by atoms with Crippen LogP contribution in [0.15, 0.2) is 42.5 Å². The molecule has 0 spiro atoms. The average Bonchev–Trinajstić information content (AvgIpc) is 2.76. The topological polar surface area (TPSA) is 92.6 Å². The van der Waals surface area contributed by atoms with Gasteiger partial charge in [-0.2, -0.15) is 0 Å². The van der Waals surface area contributed by atoms with E-state index in [0.29, 0.717) is 34.3 Å². The molecule has 2 rings (SSSR count). The van der Waals surface area contributed by atoms with Crippen molar-refractivity contribution in [1.82, 2.24) is 10.2 Å². The second-order valence-corrected chi connectivity index (χ2v) is 8.76. The summed E-state index contributed by atoms with van der Waals surface area (Å²) >= 11 is 14.0. The number of nitrogens with one attached hydrogen (secondary N) is 1. The Morgan fingerprint density at radius 1 is 1.12 bits per heavy atom. The lowest BCUT2D eigenvalue weighted by molar-refractivity contribution is -0.384. The van der Waals surface area contributed by atoms with Crippen LogP contribution in [0, 0.1) is 10.1 Å². The SMILES string of the molecule is CCNC(=O)[C@H](CC)N(Cc1c(Cl)cccc1Cl)C(=O)CSCc1ccc([N+](=O)[O-])cc1. The molecule has 0 radical (unpaired) electrons. The van der Waals surface area contributed by atoms with Gasteiger partial charge in [0.2, 0.25) is 11.8 Å². The number of rotatable bonds is 11. The van der Waals surface area contributed by atoms with Crippen molar-refractivity contribution in [1.29, 1.82) is 0 Å². The summed E-state index contributed by atoms with van der Waals surface area (Å²) in [5, 5.41) is 14.4. The van der Waals surface area contributed by atoms with Gasteiger partial charge >= 0.3 is 0 Å². The highest BCUT2D eigenvalue weighted by Gasteiger charge is 2.29. The second kappa shape index (κ2) is 12.7. The van der Waals surface area contributed by atoms with Gasteiger partial charge in [-0.15, -0.1) is 11.8 Å². The largest absolute Gasteiger partial charge is 0.355 e. The van der Waals surface area contributed by atoms with E-state index < -0.39 is 11.0 Å². The summed E-state index contributed by atoms with van der Waals surface area (Å²) in [5.74, 6) is 0.190. The van der Waals surface area contributed by atoms with Crippen LogP contribution in [0.3, 0.4) is 0 Å². The average molecular weight is 498 g/mol. The lowest BCUT2D eigenvalue weighted by Gasteiger charge is -2.31. The summed E-state index contributed by atoms with van der Waals surface area (Å²) in [4.78, 5) is 37.6. The molecule has 1 atom stereocenters. The first-order valence-corrected chi connectivity index (χ1v) is 12.0. The predicted molar refractivity (Wildman–Crippen MR) is 129 cm³/mol. The Kier molecular flexibility index (Phi) is 10.3. The van der Waals surface area contributed by atoms with E-state index in [2.05, 4.69) is 5.32 Å². The summed E-state index contributed by atoms with van der Waals surface area (Å²) < 4.78 is 0. The van der Waals surface area contributed by atoms with Crippen molar-refractivity contribution in [2.24, 2.45) is 0 Å². The van der Waals surface area contributed by atoms with Gasteiger partial charge in [-0.1, -0.05) is 48.3 Å². The molecule has 7 nitrogen and oxygen atoms in total. The highest BCUT2D eigenvalue weighted by atomic mass is 35.5. The number of benzene rings is 2. The van der Waals surface area contributed by atoms with Gasteiger partial charge in [0, 0.05) is 46.6 Å². The van der Waals surface area contributed by atoms with Crippen LogP contribution in [0.2, 0.25) is 10.0 Å². The fraction of sp³-hybridized carbons (Fsp3) is 0.364. The number of likely N-dealkylation sites (N-methyl/N-ethyl adjacent to an activating group) is 1. The van der Waals surface area contributed by atoms with E-state index in [9.17, 15) is 19.7 Å². The zero-order chi connectivity index (χ0) is 23.7. The number of halogens is 2. The Hall–Kier alpha value is -2.29. The number of non-ortho nitro benzene ring substituents is 1. The third kappa shape index (κ3) is 7.12. The minimum Gasteiger partial charge on any atom is -0.355 e. The second-order valence-electron chi connectivity index (χ2n) is 6.96. The van der Waals surface area contributed by atoms with Gasteiger partial charge in [0.15, 0.2) is 0 Å². The van der Waals surface area contributed by atoms with Gasteiger partial charge in [-0.25, -0.2) is 0 Å². The van der Waals surface area contributed by atoms with Crippen LogP contribution >= 0.6 is 35.0 Å². The molecule has 2 aromatic carbocycles. The Labute approximate surface area is 201 Å². The smallest absolute Gasteiger partial charge is 0.269 e. The molecule has 0 aliphatic carbocycles. The maximum absolute atomic E-state index is 13.2. The highest BCUT2D eigenvalue weighted by Crippen LogP contribution is 2.27. The predicted octanol–water partition coefficient (Wildman–Crippen LogP) is 5.08. The van der Waals surface area contributed by atoms with E-state index in [-0.39, 0.29) is 29.8 Å². The van der Waals surface area contributed by atoms with Crippen molar-refractivity contribution in [3.63, 3.8) is 0 Å². The normalized spacial score (nSPS) is 11.6. The summed E-state index contributed by atoms with van der Waals surface area (Å²) in [5.41, 5.74) is 1.47. The lowest BCUT2D eigenvalue weighted by Crippen LogP contribution is -2.49. The summed E-state index contributed by atoms with van der Waals surface area (Å²) in [7, 11) is 0. The van der Waals surface area contributed by atoms with Crippen molar-refractivity contribution >= 4 is 52.5 Å². The number of thioether (sulfide) groups is 1. The van der Waals surface area contributed by atoms with E-state index in [4.69, 9.17) is 23.2 Å². The monoisotopic (exact) mass is 497 g/mol. The Morgan fingerprint density at radius 3 is 2.28 bits per heavy atom. The molecule has 2 aromatic rings. The van der Waals surface area contributed by atoms with Gasteiger partial charge in [0.25, 0.3) is 5.69 Å². The molecule has 10 heteroatoms. The standard InChI is InChI=1S/C22H25Cl2N3O4S/c1-3-20(22(29)25-4-2)26(12-17-18(23)6-5-7-19(17)24)21(28)14-32-13-15-8-10-16(11-9-15)27(30)31/h5-11,20H,3-4,12-14H2,1-2H3,(H,25,29)/t20-/m0/s1. The molecule has 32 heavy (non-hydrogen) atoms. The van der Waals surface area contributed by atoms with Gasteiger partial charge in [-0.05, 0) is 31.0 Å². The van der Waals surface area contributed by atoms with Crippen molar-refractivity contribution in [2.45, 2.75) is 38.6 Å². The molecule has 0 aliphatic heterocycles. The molecule has 0 fully saturated rings. The molecule has 0 aliphatic rings. The van der Waals surface area contributed by atoms with Crippen LogP contribution in [-0.4, -0.2) is 40.0 Å². The van der Waals surface area contributed by atoms with E-state index in [1.807, 2.05) is 13.8 Å². The summed E-state index contributed by atoms with van der Waals surface area (Å²) in [6.07, 6.45) is 0.437. The maximum Gasteiger partial charge on any atom is 0.269 e. The fourth-order valence-electron chi connectivity index (χ4n) is 3.12. The fourth-order valence-corrected chi connectivity index (χ4v) is 4.51. The maximum atomic E-state index is 13.2. The van der Waals surface area contributed by atoms with Crippen molar-refractivity contribution in [3.8, 4) is 0 Å². The first-order chi connectivity index (χ1) is 15.3. The number of carbonyl (C=O) groups excluding carboxylic acids is 2. The zero-order valence-corrected chi connectivity index (χ0v) is 20.2. The molecule has 0 unspecified atom stereocenters. The number of hydrogen-bond donors (Lipinski definition) is 1. The van der Waals surface area contributed by atoms with E-state index in [1.165, 1.54) is 28.8 Å². The quantitative estimate of drug-likeness (QED) is 0.345. The number of nitrogens with zero attached hydrogens (tertiary/aromatic N) is 2. The van der Waals surface area contributed by atoms with Gasteiger partial charge < -0.3 is 10.2 Å². The molecule has 0 heterocycles. The Morgan fingerprint density at radius 2 is 1.75 bits per heavy atom. The van der Waals surface area contributed by atoms with Crippen LogP contribution in [0.5, 0.6) is 0 Å². The number of nitro benzene ring substituents is 1. The van der Waals surface area contributed by atoms with E-state index >= 15 is 0 Å². The summed E-state index contributed by atoms with van der Waals surface area (Å²) in [6, 6.07) is 10.7. The minimum absolute atomic E-state index is 0.0188. The molecule has 172 valence electrons. The van der Waals surface area contributed by atoms with Crippen LogP contribution in [0.1, 0.15) is 31.4 Å². The molecule has 0 aromatic heterocycles. The lowest BCUT2D eigenvalue weighted by atomic mass is 10.1. The number of hydrogen-bond acceptors (Lipinski definition) is 5. The van der Waals surface area contributed by atoms with Gasteiger partial charge in [-0.3, -0.25) is 19.7 Å². The molecule has 1 N–H and O–H groups in total. The summed E-state index contributed by atoms with van der Waals surface area (Å²) in [6.45, 7) is 4.24. The van der Waals surface area contributed by atoms with E-state index in [0.717, 1.165) is 5.56 Å². The number of amides is 2. The van der Waals surface area contributed by atoms with E-state index in [1.54, 1.807) is 30.3 Å². The zero-order valence-electron chi connectivity index (χ0n) is 17.8. The first kappa shape index (κ1) is 26.0. The van der Waals surface area contributed by atoms with Crippen LogP contribution in [0.4, 0.5) is 5.69 Å². The molecule has 2 amide bonds. The molecule has 0 saturated heterocycles. The van der Waals surface area contributed by atoms with Gasteiger partial charge in [0.05, 0.1) is 10.7 Å². The van der Waals surface area contributed by atoms with Crippen LogP contribution < -0.4 is 5.32 Å². The van der Waals surface area contributed by atoms with Crippen LogP contribution in [-0.2, 0) is 21.9 Å². The van der Waals surface area contributed by atoms with Crippen molar-refractivity contribution in [3.05, 3.63) is 73.8 Å². The Bertz CT molecular complexity index is 936. The number of nitro groups is 1. The van der Waals surface area contributed by atoms with Gasteiger partial charge in [0.1, 0.15) is 6.04 Å². The molecular formula is C22H25Cl2N3O4S. The first-order valence-electron chi connectivity index (χ1n) is 10.1. The molecular weight excluding hydrogens is 473 g/mol. The Balaban J connectivity index is 2.15. The van der Waals surface area contributed by atoms with Crippen molar-refractivity contribution < 1.29 is 14.5 Å². The third-order valence-electron chi connectivity index (χ3n) is 4.77. The third-order valence-corrected chi connectivity index (χ3v) is 6.47. The molecule has 0 bridgehead atoms. The minimum atomic E-state index is -0.658.